The Morgan fingerprint density at radius 1 is 1.08 bits per heavy atom. The van der Waals surface area contributed by atoms with Crippen LogP contribution in [0.25, 0.3) is 0 Å². The van der Waals surface area contributed by atoms with Gasteiger partial charge in [0.25, 0.3) is 0 Å². The first-order chi connectivity index (χ1) is 12.6. The Labute approximate surface area is 156 Å². The molecule has 1 amide bonds. The molecule has 3 N–H and O–H groups in total. The van der Waals surface area contributed by atoms with Crippen LogP contribution in [0, 0.1) is 0 Å². The lowest BCUT2D eigenvalue weighted by molar-refractivity contribution is -0.122. The van der Waals surface area contributed by atoms with Crippen molar-refractivity contribution in [2.75, 3.05) is 33.8 Å². The van der Waals surface area contributed by atoms with Crippen LogP contribution < -0.4 is 15.8 Å². The van der Waals surface area contributed by atoms with Crippen LogP contribution in [0.2, 0.25) is 0 Å². The highest BCUT2D eigenvalue weighted by Crippen LogP contribution is 2.21. The minimum atomic E-state index is -0.289. The van der Waals surface area contributed by atoms with Crippen molar-refractivity contribution in [3.63, 3.8) is 0 Å². The number of rotatable bonds is 11. The molecule has 0 saturated heterocycles. The van der Waals surface area contributed by atoms with Gasteiger partial charge in [-0.1, -0.05) is 48.5 Å². The van der Waals surface area contributed by atoms with Crippen molar-refractivity contribution in [3.8, 4) is 5.75 Å². The summed E-state index contributed by atoms with van der Waals surface area (Å²) in [7, 11) is 3.73. The monoisotopic (exact) mass is 355 g/mol. The summed E-state index contributed by atoms with van der Waals surface area (Å²) < 4.78 is 5.95. The van der Waals surface area contributed by atoms with Gasteiger partial charge in [0, 0.05) is 13.0 Å². The van der Waals surface area contributed by atoms with Gasteiger partial charge in [0.2, 0.25) is 5.91 Å². The number of amides is 1. The number of hydrogen-bond acceptors (Lipinski definition) is 4. The lowest BCUT2D eigenvalue weighted by atomic mass is 10.0. The lowest BCUT2D eigenvalue weighted by Gasteiger charge is -2.21. The number of carbonyl (C=O) groups is 1. The minimum absolute atomic E-state index is 0.241. The SMILES string of the molecule is CN(C)C(CCNCCOc1ccccc1Cc1ccccc1)C(N)=O. The van der Waals surface area contributed by atoms with E-state index in [0.29, 0.717) is 13.0 Å². The predicted octanol–water partition coefficient (Wildman–Crippen LogP) is 2.05. The van der Waals surface area contributed by atoms with Crippen molar-refractivity contribution in [3.05, 3.63) is 65.7 Å². The lowest BCUT2D eigenvalue weighted by Crippen LogP contribution is -2.42. The number of primary amides is 1. The first kappa shape index (κ1) is 19.9. The molecule has 0 aromatic heterocycles. The first-order valence-corrected chi connectivity index (χ1v) is 8.99. The quantitative estimate of drug-likeness (QED) is 0.606. The summed E-state index contributed by atoms with van der Waals surface area (Å²) in [4.78, 5) is 13.2. The fourth-order valence-corrected chi connectivity index (χ4v) is 2.86. The Balaban J connectivity index is 1.75. The van der Waals surface area contributed by atoms with Gasteiger partial charge < -0.3 is 15.8 Å². The standard InChI is InChI=1S/C21H29N3O2/c1-24(2)19(21(22)25)12-13-23-14-15-26-20-11-7-6-10-18(20)16-17-8-4-3-5-9-17/h3-11,19,23H,12-16H2,1-2H3,(H2,22,25). The van der Waals surface area contributed by atoms with Gasteiger partial charge in [-0.2, -0.15) is 0 Å². The molecule has 5 nitrogen and oxygen atoms in total. The van der Waals surface area contributed by atoms with Gasteiger partial charge >= 0.3 is 0 Å². The maximum atomic E-state index is 11.4. The number of hydrogen-bond donors (Lipinski definition) is 2. The normalized spacial score (nSPS) is 12.1. The third kappa shape index (κ3) is 6.50. The molecule has 2 aromatic rings. The Morgan fingerprint density at radius 2 is 1.77 bits per heavy atom. The number of benzene rings is 2. The van der Waals surface area contributed by atoms with Crippen LogP contribution in [-0.4, -0.2) is 50.6 Å². The van der Waals surface area contributed by atoms with Gasteiger partial charge in [-0.05, 0) is 44.3 Å². The van der Waals surface area contributed by atoms with E-state index in [1.807, 2.05) is 43.3 Å². The molecular weight excluding hydrogens is 326 g/mol. The maximum Gasteiger partial charge on any atom is 0.234 e. The van der Waals surface area contributed by atoms with Crippen LogP contribution in [0.3, 0.4) is 0 Å². The summed E-state index contributed by atoms with van der Waals surface area (Å²) in [5.74, 6) is 0.629. The van der Waals surface area contributed by atoms with Gasteiger partial charge in [0.05, 0.1) is 6.04 Å². The number of likely N-dealkylation sites (N-methyl/N-ethyl adjacent to an activating group) is 1. The summed E-state index contributed by atoms with van der Waals surface area (Å²) in [6.45, 7) is 2.02. The van der Waals surface area contributed by atoms with Gasteiger partial charge in [0.15, 0.2) is 0 Å². The number of nitrogens with one attached hydrogen (secondary N) is 1. The van der Waals surface area contributed by atoms with Gasteiger partial charge in [-0.15, -0.1) is 0 Å². The molecule has 1 atom stereocenters. The van der Waals surface area contributed by atoms with E-state index in [4.69, 9.17) is 10.5 Å². The maximum absolute atomic E-state index is 11.4. The molecule has 2 rings (SSSR count). The third-order valence-corrected chi connectivity index (χ3v) is 4.29. The number of ether oxygens (including phenoxy) is 1. The number of carbonyl (C=O) groups excluding carboxylic acids is 1. The molecule has 0 fully saturated rings. The Hall–Kier alpha value is -2.37. The molecule has 0 radical (unpaired) electrons. The second-order valence-electron chi connectivity index (χ2n) is 6.54. The summed E-state index contributed by atoms with van der Waals surface area (Å²) in [5.41, 5.74) is 7.85. The van der Waals surface area contributed by atoms with E-state index in [1.165, 1.54) is 11.1 Å². The smallest absolute Gasteiger partial charge is 0.234 e. The van der Waals surface area contributed by atoms with E-state index < -0.39 is 0 Å². The molecule has 140 valence electrons. The fraction of sp³-hybridized carbons (Fsp3) is 0.381. The van der Waals surface area contributed by atoms with Crippen LogP contribution in [0.1, 0.15) is 17.5 Å². The van der Waals surface area contributed by atoms with Crippen LogP contribution in [0.4, 0.5) is 0 Å². The van der Waals surface area contributed by atoms with Crippen molar-refractivity contribution >= 4 is 5.91 Å². The fourth-order valence-electron chi connectivity index (χ4n) is 2.86. The molecule has 0 aliphatic carbocycles. The number of nitrogens with two attached hydrogens (primary N) is 1. The van der Waals surface area contributed by atoms with Crippen molar-refractivity contribution < 1.29 is 9.53 Å². The van der Waals surface area contributed by atoms with Crippen LogP contribution in [0.5, 0.6) is 5.75 Å². The Kier molecular flexibility index (Phi) is 8.12. The van der Waals surface area contributed by atoms with E-state index in [9.17, 15) is 4.79 Å². The Morgan fingerprint density at radius 3 is 2.46 bits per heavy atom. The molecule has 0 bridgehead atoms. The second kappa shape index (κ2) is 10.6. The molecular formula is C21H29N3O2. The topological polar surface area (TPSA) is 67.6 Å². The molecule has 0 heterocycles. The molecule has 2 aromatic carbocycles. The number of nitrogens with zero attached hydrogens (tertiary/aromatic N) is 1. The molecule has 0 aliphatic rings. The molecule has 0 spiro atoms. The van der Waals surface area contributed by atoms with Crippen LogP contribution in [0.15, 0.2) is 54.6 Å². The van der Waals surface area contributed by atoms with E-state index in [0.717, 1.165) is 25.3 Å². The second-order valence-corrected chi connectivity index (χ2v) is 6.54. The highest BCUT2D eigenvalue weighted by molar-refractivity contribution is 5.79. The van der Waals surface area contributed by atoms with Gasteiger partial charge in [-0.25, -0.2) is 0 Å². The van der Waals surface area contributed by atoms with E-state index in [1.54, 1.807) is 0 Å². The van der Waals surface area contributed by atoms with Crippen LogP contribution >= 0.6 is 0 Å². The molecule has 0 aliphatic heterocycles. The number of para-hydroxylation sites is 1. The zero-order valence-corrected chi connectivity index (χ0v) is 15.7. The minimum Gasteiger partial charge on any atom is -0.492 e. The summed E-state index contributed by atoms with van der Waals surface area (Å²) >= 11 is 0. The predicted molar refractivity (Wildman–Crippen MR) is 105 cm³/mol. The molecule has 5 heteroatoms. The average Bonchev–Trinajstić information content (AvgIpc) is 2.62. The summed E-state index contributed by atoms with van der Waals surface area (Å²) in [6.07, 6.45) is 1.54. The first-order valence-electron chi connectivity index (χ1n) is 8.99. The molecule has 1 unspecified atom stereocenters. The zero-order chi connectivity index (χ0) is 18.8. The third-order valence-electron chi connectivity index (χ3n) is 4.29. The van der Waals surface area contributed by atoms with E-state index in [2.05, 4.69) is 35.6 Å². The average molecular weight is 355 g/mol. The summed E-state index contributed by atoms with van der Waals surface area (Å²) in [5, 5.41) is 3.31. The van der Waals surface area contributed by atoms with Crippen molar-refractivity contribution in [1.82, 2.24) is 10.2 Å². The van der Waals surface area contributed by atoms with E-state index >= 15 is 0 Å². The zero-order valence-electron chi connectivity index (χ0n) is 15.7. The Bertz CT molecular complexity index is 674. The summed E-state index contributed by atoms with van der Waals surface area (Å²) in [6, 6.07) is 18.3. The molecule has 0 saturated carbocycles. The van der Waals surface area contributed by atoms with Crippen LogP contribution in [-0.2, 0) is 11.2 Å². The highest BCUT2D eigenvalue weighted by Gasteiger charge is 2.16. The van der Waals surface area contributed by atoms with Crippen molar-refractivity contribution in [2.24, 2.45) is 5.73 Å². The highest BCUT2D eigenvalue weighted by atomic mass is 16.5. The van der Waals surface area contributed by atoms with Gasteiger partial charge in [-0.3, -0.25) is 9.69 Å². The molecule has 26 heavy (non-hydrogen) atoms. The van der Waals surface area contributed by atoms with Crippen molar-refractivity contribution in [1.29, 1.82) is 0 Å². The van der Waals surface area contributed by atoms with Crippen molar-refractivity contribution in [2.45, 2.75) is 18.9 Å². The van der Waals surface area contributed by atoms with Gasteiger partial charge in [0.1, 0.15) is 12.4 Å². The largest absolute Gasteiger partial charge is 0.492 e. The van der Waals surface area contributed by atoms with E-state index in [-0.39, 0.29) is 11.9 Å².